The van der Waals surface area contributed by atoms with Crippen LogP contribution in [-0.4, -0.2) is 45.7 Å². The Hall–Kier alpha value is -1.97. The molecular weight excluding hydrogens is 288 g/mol. The number of ether oxygens (including phenoxy) is 1. The summed E-state index contributed by atoms with van der Waals surface area (Å²) in [7, 11) is -2.45. The quantitative estimate of drug-likeness (QED) is 0.632. The lowest BCUT2D eigenvalue weighted by atomic mass is 10.3. The number of carbonyl (C=O) groups is 2. The monoisotopic (exact) mass is 302 g/mol. The molecule has 1 amide bonds. The van der Waals surface area contributed by atoms with Gasteiger partial charge in [-0.2, -0.15) is 0 Å². The molecule has 0 aliphatic rings. The molecule has 3 N–H and O–H groups in total. The number of hydrogen-bond donors (Lipinski definition) is 3. The number of carbonyl (C=O) groups excluding carboxylic acids is 1. The molecule has 0 radical (unpaired) electrons. The first-order valence-electron chi connectivity index (χ1n) is 5.49. The van der Waals surface area contributed by atoms with E-state index in [9.17, 15) is 18.0 Å². The zero-order chi connectivity index (χ0) is 15.2. The van der Waals surface area contributed by atoms with Crippen molar-refractivity contribution < 1.29 is 27.9 Å². The van der Waals surface area contributed by atoms with Crippen LogP contribution in [0.4, 0.5) is 5.69 Å². The van der Waals surface area contributed by atoms with Gasteiger partial charge < -0.3 is 15.2 Å². The maximum Gasteiger partial charge on any atom is 0.329 e. The Kier molecular flexibility index (Phi) is 5.62. The third kappa shape index (κ3) is 4.61. The Morgan fingerprint density at radius 1 is 1.25 bits per heavy atom. The van der Waals surface area contributed by atoms with E-state index in [1.54, 1.807) is 6.07 Å². The van der Waals surface area contributed by atoms with Crippen LogP contribution in [0.15, 0.2) is 29.2 Å². The van der Waals surface area contributed by atoms with Gasteiger partial charge >= 0.3 is 5.97 Å². The van der Waals surface area contributed by atoms with Crippen LogP contribution in [0, 0.1) is 0 Å². The molecule has 0 saturated carbocycles. The lowest BCUT2D eigenvalue weighted by Crippen LogP contribution is -2.24. The van der Waals surface area contributed by atoms with Gasteiger partial charge in [-0.05, 0) is 19.2 Å². The summed E-state index contributed by atoms with van der Waals surface area (Å²) in [6.45, 7) is -1.09. The van der Waals surface area contributed by atoms with Crippen LogP contribution in [-0.2, 0) is 24.3 Å². The molecule has 0 atom stereocenters. The molecular formula is C11H14N2O6S. The second kappa shape index (κ2) is 6.98. The molecule has 0 saturated heterocycles. The Labute approximate surface area is 115 Å². The number of anilines is 1. The van der Waals surface area contributed by atoms with Crippen LogP contribution in [0.25, 0.3) is 0 Å². The van der Waals surface area contributed by atoms with E-state index in [-0.39, 0.29) is 10.6 Å². The fourth-order valence-corrected chi connectivity index (χ4v) is 2.22. The summed E-state index contributed by atoms with van der Waals surface area (Å²) in [6, 6.07) is 5.82. The smallest absolute Gasteiger partial charge is 0.329 e. The zero-order valence-electron chi connectivity index (χ0n) is 10.6. The maximum absolute atomic E-state index is 11.7. The third-order valence-corrected chi connectivity index (χ3v) is 3.65. The zero-order valence-corrected chi connectivity index (χ0v) is 11.4. The normalized spacial score (nSPS) is 11.1. The molecule has 0 unspecified atom stereocenters. The van der Waals surface area contributed by atoms with Crippen molar-refractivity contribution in [3.63, 3.8) is 0 Å². The minimum absolute atomic E-state index is 0.0887. The molecule has 0 spiro atoms. The number of para-hydroxylation sites is 1. The fourth-order valence-electron chi connectivity index (χ4n) is 1.33. The SMILES string of the molecule is CNS(=O)(=O)c1ccccc1NC(=O)COCC(=O)O. The summed E-state index contributed by atoms with van der Waals surface area (Å²) in [5.41, 5.74) is 0.0887. The highest BCUT2D eigenvalue weighted by Gasteiger charge is 2.17. The summed E-state index contributed by atoms with van der Waals surface area (Å²) in [5, 5.41) is 10.7. The number of sulfonamides is 1. The average Bonchev–Trinajstić information content (AvgIpc) is 2.38. The van der Waals surface area contributed by atoms with Gasteiger partial charge in [-0.1, -0.05) is 12.1 Å². The van der Waals surface area contributed by atoms with Crippen LogP contribution in [0.3, 0.4) is 0 Å². The molecule has 0 aliphatic heterocycles. The van der Waals surface area contributed by atoms with E-state index in [4.69, 9.17) is 5.11 Å². The molecule has 9 heteroatoms. The summed E-state index contributed by atoms with van der Waals surface area (Å²) >= 11 is 0. The molecule has 0 aliphatic carbocycles. The predicted octanol–water partition coefficient (Wildman–Crippen LogP) is -0.366. The van der Waals surface area contributed by atoms with Crippen molar-refractivity contribution in [2.24, 2.45) is 0 Å². The van der Waals surface area contributed by atoms with Gasteiger partial charge in [0.1, 0.15) is 18.1 Å². The standard InChI is InChI=1S/C11H14N2O6S/c1-12-20(17,18)9-5-3-2-4-8(9)13-10(14)6-19-7-11(15)16/h2-5,12H,6-7H2,1H3,(H,13,14)(H,15,16). The number of rotatable bonds is 7. The molecule has 110 valence electrons. The topological polar surface area (TPSA) is 122 Å². The van der Waals surface area contributed by atoms with Gasteiger partial charge in [0.2, 0.25) is 15.9 Å². The maximum atomic E-state index is 11.7. The predicted molar refractivity (Wildman–Crippen MR) is 69.8 cm³/mol. The highest BCUT2D eigenvalue weighted by molar-refractivity contribution is 7.89. The second-order valence-electron chi connectivity index (χ2n) is 3.64. The molecule has 1 aromatic rings. The minimum atomic E-state index is -3.71. The average molecular weight is 302 g/mol. The van der Waals surface area contributed by atoms with Crippen molar-refractivity contribution in [1.82, 2.24) is 4.72 Å². The van der Waals surface area contributed by atoms with Gasteiger partial charge in [0, 0.05) is 0 Å². The number of nitrogens with one attached hydrogen (secondary N) is 2. The molecule has 1 aromatic carbocycles. The van der Waals surface area contributed by atoms with E-state index in [1.165, 1.54) is 25.2 Å². The molecule has 20 heavy (non-hydrogen) atoms. The Bertz CT molecular complexity index is 599. The first-order chi connectivity index (χ1) is 9.36. The van der Waals surface area contributed by atoms with Crippen molar-refractivity contribution in [3.05, 3.63) is 24.3 Å². The summed E-state index contributed by atoms with van der Waals surface area (Å²) in [5.74, 6) is -1.85. The van der Waals surface area contributed by atoms with Gasteiger partial charge in [-0.15, -0.1) is 0 Å². The second-order valence-corrected chi connectivity index (χ2v) is 5.49. The number of carboxylic acids is 1. The number of amides is 1. The number of hydrogen-bond acceptors (Lipinski definition) is 5. The minimum Gasteiger partial charge on any atom is -0.480 e. The van der Waals surface area contributed by atoms with Gasteiger partial charge in [0.25, 0.3) is 0 Å². The molecule has 0 heterocycles. The van der Waals surface area contributed by atoms with Crippen molar-refractivity contribution >= 4 is 27.6 Å². The van der Waals surface area contributed by atoms with Gasteiger partial charge in [-0.25, -0.2) is 17.9 Å². The third-order valence-electron chi connectivity index (χ3n) is 2.18. The summed E-state index contributed by atoms with van der Waals surface area (Å²) in [4.78, 5) is 21.6. The van der Waals surface area contributed by atoms with Crippen molar-refractivity contribution in [2.75, 3.05) is 25.6 Å². The van der Waals surface area contributed by atoms with Crippen LogP contribution in [0.1, 0.15) is 0 Å². The highest BCUT2D eigenvalue weighted by atomic mass is 32.2. The van der Waals surface area contributed by atoms with Crippen LogP contribution in [0.2, 0.25) is 0 Å². The van der Waals surface area contributed by atoms with Crippen molar-refractivity contribution in [3.8, 4) is 0 Å². The van der Waals surface area contributed by atoms with Gasteiger partial charge in [0.15, 0.2) is 0 Å². The van der Waals surface area contributed by atoms with E-state index in [2.05, 4.69) is 14.8 Å². The van der Waals surface area contributed by atoms with E-state index in [0.29, 0.717) is 0 Å². The lowest BCUT2D eigenvalue weighted by molar-refractivity contribution is -0.143. The Morgan fingerprint density at radius 2 is 1.90 bits per heavy atom. The van der Waals surface area contributed by atoms with Crippen molar-refractivity contribution in [1.29, 1.82) is 0 Å². The molecule has 8 nitrogen and oxygen atoms in total. The molecule has 0 bridgehead atoms. The molecule has 1 rings (SSSR count). The first-order valence-corrected chi connectivity index (χ1v) is 6.97. The highest BCUT2D eigenvalue weighted by Crippen LogP contribution is 2.20. The summed E-state index contributed by atoms with van der Waals surface area (Å²) < 4.78 is 30.2. The van der Waals surface area contributed by atoms with Crippen LogP contribution in [0.5, 0.6) is 0 Å². The molecule has 0 fully saturated rings. The van der Waals surface area contributed by atoms with Crippen LogP contribution >= 0.6 is 0 Å². The van der Waals surface area contributed by atoms with E-state index in [0.717, 1.165) is 0 Å². The van der Waals surface area contributed by atoms with E-state index in [1.807, 2.05) is 0 Å². The van der Waals surface area contributed by atoms with Gasteiger partial charge in [0.05, 0.1) is 5.69 Å². The van der Waals surface area contributed by atoms with E-state index >= 15 is 0 Å². The number of benzene rings is 1. The first kappa shape index (κ1) is 16.1. The van der Waals surface area contributed by atoms with Crippen LogP contribution < -0.4 is 10.0 Å². The number of carboxylic acid groups (broad SMARTS) is 1. The fraction of sp³-hybridized carbons (Fsp3) is 0.273. The molecule has 0 aromatic heterocycles. The Morgan fingerprint density at radius 3 is 2.50 bits per heavy atom. The van der Waals surface area contributed by atoms with Crippen molar-refractivity contribution in [2.45, 2.75) is 4.90 Å². The lowest BCUT2D eigenvalue weighted by Gasteiger charge is -2.10. The number of aliphatic carboxylic acids is 1. The largest absolute Gasteiger partial charge is 0.480 e. The van der Waals surface area contributed by atoms with Gasteiger partial charge in [-0.3, -0.25) is 4.79 Å². The Balaban J connectivity index is 2.78. The summed E-state index contributed by atoms with van der Waals surface area (Å²) in [6.07, 6.45) is 0. The van der Waals surface area contributed by atoms with E-state index < -0.39 is 35.1 Å².